The van der Waals surface area contributed by atoms with Crippen LogP contribution >= 0.6 is 0 Å². The fourth-order valence-corrected chi connectivity index (χ4v) is 15.7. The molecule has 0 amide bonds. The second-order valence-corrected chi connectivity index (χ2v) is 31.1. The van der Waals surface area contributed by atoms with Gasteiger partial charge in [0.1, 0.15) is 28.2 Å². The van der Waals surface area contributed by atoms with Gasteiger partial charge in [-0.3, -0.25) is 0 Å². The van der Waals surface area contributed by atoms with Gasteiger partial charge in [0.05, 0.1) is 22.3 Å². The Bertz CT molecular complexity index is 6970. The van der Waals surface area contributed by atoms with Crippen LogP contribution in [0.1, 0.15) is 274 Å². The average Bonchev–Trinajstić information content (AvgIpc) is 1.27. The maximum absolute atomic E-state index is 8.64. The van der Waals surface area contributed by atoms with E-state index in [1.807, 2.05) is 100 Å². The maximum Gasteiger partial charge on any atom is 0.227 e. The quantitative estimate of drug-likeness (QED) is 0.0878. The number of hydrogen-bond donors (Lipinski definition) is 0. The van der Waals surface area contributed by atoms with E-state index in [1.165, 1.54) is 69.5 Å². The summed E-state index contributed by atoms with van der Waals surface area (Å²) in [6.07, 6.45) is 4.13. The molecule has 0 fully saturated rings. The van der Waals surface area contributed by atoms with Gasteiger partial charge in [-0.15, -0.1) is 0 Å². The zero-order valence-corrected chi connectivity index (χ0v) is 70.4. The van der Waals surface area contributed by atoms with E-state index in [2.05, 4.69) is 115 Å². The van der Waals surface area contributed by atoms with E-state index in [4.69, 9.17) is 57.3 Å². The van der Waals surface area contributed by atoms with Gasteiger partial charge in [0.2, 0.25) is 45.6 Å². The zero-order valence-electron chi connectivity index (χ0n) is 88.4. The second-order valence-electron chi connectivity index (χ2n) is 31.1. The molecule has 0 N–H and O–H groups in total. The Morgan fingerprint density at radius 1 is 0.325 bits per heavy atom. The summed E-state index contributed by atoms with van der Waals surface area (Å²) in [6.45, 7) is 27.5. The van der Waals surface area contributed by atoms with Crippen LogP contribution in [0.25, 0.3) is 133 Å². The van der Waals surface area contributed by atoms with Crippen LogP contribution in [0.3, 0.4) is 0 Å². The van der Waals surface area contributed by atoms with Crippen molar-refractivity contribution in [2.24, 2.45) is 28.2 Å². The lowest BCUT2D eigenvalue weighted by Crippen LogP contribution is -2.32. The number of aryl methyl sites for hydroxylation is 14. The largest absolute Gasteiger partial charge is 0.437 e. The van der Waals surface area contributed by atoms with Crippen molar-refractivity contribution in [3.8, 4) is 45.0 Å². The monoisotopic (exact) mass is 1540 g/mol. The Morgan fingerprint density at radius 3 is 0.877 bits per heavy atom. The first-order valence-electron chi connectivity index (χ1n) is 48.6. The number of nitrogens with zero attached hydrogens (tertiary/aromatic N) is 8. The number of furan rings is 4. The van der Waals surface area contributed by atoms with Gasteiger partial charge in [0.15, 0.2) is 47.1 Å². The molecule has 0 aliphatic rings. The lowest BCUT2D eigenvalue weighted by atomic mass is 9.93. The van der Waals surface area contributed by atoms with Gasteiger partial charge in [0, 0.05) is 137 Å². The molecule has 4 aromatic carbocycles. The molecule has 0 aliphatic carbocycles. The number of aromatic nitrogens is 8. The minimum Gasteiger partial charge on any atom is -0.437 e. The highest BCUT2D eigenvalue weighted by molar-refractivity contribution is 6.12. The molecule has 0 radical (unpaired) electrons. The molecule has 0 aliphatic heterocycles. The van der Waals surface area contributed by atoms with Gasteiger partial charge < -0.3 is 17.7 Å². The number of pyridine rings is 8. The Morgan fingerprint density at radius 2 is 0.605 bits per heavy atom. The molecule has 0 spiro atoms. The molecule has 12 heteroatoms. The minimum atomic E-state index is -2.63. The summed E-state index contributed by atoms with van der Waals surface area (Å²) in [5, 5.41) is 7.64. The third-order valence-corrected chi connectivity index (χ3v) is 22.2. The molecule has 3 unspecified atom stereocenters. The SMILES string of the molecule is CCc1ccc2c(n1)oc1c(-c3cc(C(C)C)c(CC)c[n+]3C)c(C)ccc12.[2H]C([2H])(C)c1cc(-c2c(C)ccc3c2oc2nc(C(C)C)ccc23)[n+](C)cc1C([2H])(C)C([2H])([2H])[2H].[2H]C([2H])(C)c1cc(-c2c(C)ccc3c2oc2nc(C(C)C)ccc23)[n+](C)cc1C([2H])(C)C([2H])([2H])[2H].[2H]C([2H])(C)c1cc(-c2c(C)ccc3c2oc2nc(CC)ccc23)[n+](C)cc1C([2H])(C)C([2H])([2H])[2H]. The van der Waals surface area contributed by atoms with Gasteiger partial charge in [-0.05, 0) is 195 Å². The van der Waals surface area contributed by atoms with Crippen molar-refractivity contribution in [1.82, 2.24) is 19.9 Å². The molecule has 12 aromatic heterocycles. The molecule has 16 rings (SSSR count). The van der Waals surface area contributed by atoms with Crippen molar-refractivity contribution in [3.63, 3.8) is 0 Å². The first kappa shape index (κ1) is 60.8. The summed E-state index contributed by atoms with van der Waals surface area (Å²) in [4.78, 5) is 18.8. The van der Waals surface area contributed by atoms with Crippen molar-refractivity contribution < 1.29 is 60.6 Å². The fraction of sp³-hybridized carbons (Fsp3) is 0.373. The highest BCUT2D eigenvalue weighted by Gasteiger charge is 2.30. The molecule has 588 valence electrons. The molecule has 0 bridgehead atoms. The standard InChI is InChI=1S/2C26H31N2O.2C25H29N2O/c2*1-8-18-13-23(28(7)14-21(18)15(2)3)24-17(6)9-10-19-20-11-12-22(16(4)5)27-26(20)29-25(19)24;1-7-17-14-27(6)22(13-21(17)15(3)4)23-16(5)9-11-19-20-12-10-18(8-2)26-25(20)28-24(19)23;1-7-17-13-22(27(6)14-21(17)15(3)4)23-16(5)9-11-19-20-12-10-18(8-2)26-25(20)28-24(19)23/h2*9-16H,8H2,1-7H3;2*9-15H,7-8H2,1-6H3/q4*+1/i2*2D3,8D2,15D;;3D3,7D2,15D. The van der Waals surface area contributed by atoms with Crippen molar-refractivity contribution in [2.75, 3.05) is 0 Å². The predicted molar refractivity (Wildman–Crippen MR) is 472 cm³/mol. The lowest BCUT2D eigenvalue weighted by molar-refractivity contribution is -0.661. The third-order valence-electron chi connectivity index (χ3n) is 22.2. The van der Waals surface area contributed by atoms with Crippen molar-refractivity contribution in [1.29, 1.82) is 0 Å². The molecular weight excluding hydrogens is 1400 g/mol. The van der Waals surface area contributed by atoms with Crippen LogP contribution in [0.15, 0.2) is 164 Å². The van der Waals surface area contributed by atoms with Crippen LogP contribution in [0.2, 0.25) is 0 Å². The molecule has 3 atom stereocenters. The van der Waals surface area contributed by atoms with Crippen LogP contribution in [0.4, 0.5) is 0 Å². The van der Waals surface area contributed by atoms with Gasteiger partial charge in [-0.2, -0.15) is 0 Å². The van der Waals surface area contributed by atoms with E-state index in [1.54, 1.807) is 71.6 Å². The molecular formula is C102H120N8O4+4. The average molecular weight is 1540 g/mol. The van der Waals surface area contributed by atoms with Crippen LogP contribution in [-0.2, 0) is 66.6 Å². The number of rotatable bonds is 16. The van der Waals surface area contributed by atoms with Crippen molar-refractivity contribution in [2.45, 2.75) is 226 Å². The van der Waals surface area contributed by atoms with E-state index in [-0.39, 0.29) is 45.2 Å². The predicted octanol–water partition coefficient (Wildman–Crippen LogP) is 25.2. The molecule has 16 aromatic rings. The summed E-state index contributed by atoms with van der Waals surface area (Å²) in [6, 6.07) is 40.0. The van der Waals surface area contributed by atoms with E-state index in [9.17, 15) is 0 Å². The maximum atomic E-state index is 8.64. The lowest BCUT2D eigenvalue weighted by Gasteiger charge is -2.13. The second kappa shape index (κ2) is 33.4. The van der Waals surface area contributed by atoms with Crippen LogP contribution < -0.4 is 18.3 Å². The number of fused-ring (bicyclic) bond motifs is 12. The Kier molecular flexibility index (Phi) is 17.8. The number of benzene rings is 4. The fourth-order valence-electron chi connectivity index (χ4n) is 15.7. The highest BCUT2D eigenvalue weighted by Crippen LogP contribution is 2.43. The molecule has 0 saturated heterocycles. The van der Waals surface area contributed by atoms with Crippen LogP contribution in [0.5, 0.6) is 0 Å². The Labute approximate surface area is 700 Å². The Hall–Kier alpha value is -10.7. The third kappa shape index (κ3) is 15.4. The summed E-state index contributed by atoms with van der Waals surface area (Å²) < 4.78 is 180. The topological polar surface area (TPSA) is 120 Å². The van der Waals surface area contributed by atoms with Gasteiger partial charge >= 0.3 is 0 Å². The van der Waals surface area contributed by atoms with E-state index in [0.717, 1.165) is 130 Å². The normalized spacial score (nSPS) is 16.5. The minimum absolute atomic E-state index is 0.133. The van der Waals surface area contributed by atoms with Gasteiger partial charge in [-0.1, -0.05) is 173 Å². The van der Waals surface area contributed by atoms with Crippen molar-refractivity contribution in [3.05, 3.63) is 236 Å². The van der Waals surface area contributed by atoms with Gasteiger partial charge in [-0.25, -0.2) is 38.2 Å². The molecule has 12 heterocycles. The van der Waals surface area contributed by atoms with E-state index >= 15 is 0 Å². The van der Waals surface area contributed by atoms with E-state index < -0.39 is 57.4 Å². The zero-order chi connectivity index (χ0) is 97.4. The number of hydrogen-bond acceptors (Lipinski definition) is 8. The first-order valence-corrected chi connectivity index (χ1v) is 39.6. The summed E-state index contributed by atoms with van der Waals surface area (Å²) in [5.41, 5.74) is 23.6. The highest BCUT2D eigenvalue weighted by atomic mass is 16.4. The molecule has 12 nitrogen and oxygen atoms in total. The first-order chi connectivity index (χ1) is 61.2. The van der Waals surface area contributed by atoms with E-state index in [0.29, 0.717) is 56.9 Å². The Balaban J connectivity index is 0.000000150. The van der Waals surface area contributed by atoms with Crippen LogP contribution in [-0.4, -0.2) is 19.9 Å². The van der Waals surface area contributed by atoms with Gasteiger partial charge in [0.25, 0.3) is 0 Å². The summed E-state index contributed by atoms with van der Waals surface area (Å²) in [7, 11) is 7.46. The molecule has 114 heavy (non-hydrogen) atoms. The molecule has 0 saturated carbocycles. The van der Waals surface area contributed by atoms with Crippen LogP contribution in [0, 0.1) is 27.7 Å². The summed E-state index contributed by atoms with van der Waals surface area (Å²) >= 11 is 0. The smallest absolute Gasteiger partial charge is 0.227 e. The summed E-state index contributed by atoms with van der Waals surface area (Å²) in [5.74, 6) is -4.96. The van der Waals surface area contributed by atoms with Crippen molar-refractivity contribution >= 4 is 88.3 Å².